The van der Waals surface area contributed by atoms with Gasteiger partial charge in [0.1, 0.15) is 5.75 Å². The highest BCUT2D eigenvalue weighted by Crippen LogP contribution is 2.15. The molecule has 4 heteroatoms. The first-order chi connectivity index (χ1) is 8.17. The number of rotatable bonds is 7. The molecule has 4 nitrogen and oxygen atoms in total. The van der Waals surface area contributed by atoms with Gasteiger partial charge >= 0.3 is 0 Å². The summed E-state index contributed by atoms with van der Waals surface area (Å²) in [5.74, 6) is 0.844. The Morgan fingerprint density at radius 2 is 2.29 bits per heavy atom. The van der Waals surface area contributed by atoms with Crippen LogP contribution in [0.3, 0.4) is 0 Å². The molecule has 17 heavy (non-hydrogen) atoms. The molecule has 0 saturated carbocycles. The first kappa shape index (κ1) is 13.9. The maximum atomic E-state index is 5.27. The Hall–Kier alpha value is -1.13. The Labute approximate surface area is 104 Å². The van der Waals surface area contributed by atoms with Gasteiger partial charge in [-0.15, -0.1) is 0 Å². The number of methoxy groups -OCH3 is 1. The summed E-state index contributed by atoms with van der Waals surface area (Å²) >= 11 is 0. The molecule has 0 spiro atoms. The Morgan fingerprint density at radius 1 is 1.53 bits per heavy atom. The number of nitrogens with zero attached hydrogens (tertiary/aromatic N) is 2. The van der Waals surface area contributed by atoms with Gasteiger partial charge in [0.15, 0.2) is 0 Å². The molecule has 0 aliphatic carbocycles. The topological polar surface area (TPSA) is 37.4 Å². The van der Waals surface area contributed by atoms with Crippen LogP contribution in [-0.4, -0.2) is 43.2 Å². The van der Waals surface area contributed by atoms with Crippen LogP contribution >= 0.6 is 0 Å². The van der Waals surface area contributed by atoms with Crippen LogP contribution in [0.5, 0.6) is 5.75 Å². The smallest absolute Gasteiger partial charge is 0.141 e. The minimum absolute atomic E-state index is 0.456. The monoisotopic (exact) mass is 237 g/mol. The van der Waals surface area contributed by atoms with Crippen LogP contribution in [0.4, 0.5) is 0 Å². The number of hydrogen-bond donors (Lipinski definition) is 1. The molecule has 0 fully saturated rings. The second kappa shape index (κ2) is 7.25. The summed E-state index contributed by atoms with van der Waals surface area (Å²) in [4.78, 5) is 6.34. The van der Waals surface area contributed by atoms with E-state index in [0.29, 0.717) is 6.04 Å². The van der Waals surface area contributed by atoms with E-state index in [2.05, 4.69) is 36.1 Å². The SMILES string of the molecule is CCN(C)CC(C)NCc1ccncc1OC. The lowest BCUT2D eigenvalue weighted by atomic mass is 10.2. The van der Waals surface area contributed by atoms with Gasteiger partial charge in [0.2, 0.25) is 0 Å². The molecule has 0 aliphatic heterocycles. The summed E-state index contributed by atoms with van der Waals surface area (Å²) in [6.07, 6.45) is 3.54. The summed E-state index contributed by atoms with van der Waals surface area (Å²) in [5, 5.41) is 3.49. The van der Waals surface area contributed by atoms with E-state index in [4.69, 9.17) is 4.74 Å². The number of pyridine rings is 1. The lowest BCUT2D eigenvalue weighted by Crippen LogP contribution is -2.37. The van der Waals surface area contributed by atoms with Crippen molar-refractivity contribution in [2.75, 3.05) is 27.2 Å². The molecule has 0 amide bonds. The predicted molar refractivity (Wildman–Crippen MR) is 70.3 cm³/mol. The van der Waals surface area contributed by atoms with Crippen LogP contribution in [0.1, 0.15) is 19.4 Å². The van der Waals surface area contributed by atoms with E-state index in [1.165, 1.54) is 0 Å². The third-order valence-electron chi connectivity index (χ3n) is 2.86. The molecule has 1 aromatic rings. The van der Waals surface area contributed by atoms with Gasteiger partial charge in [-0.05, 0) is 26.6 Å². The average Bonchev–Trinajstić information content (AvgIpc) is 2.36. The molecule has 0 aromatic carbocycles. The summed E-state index contributed by atoms with van der Waals surface area (Å²) in [5.41, 5.74) is 1.15. The minimum Gasteiger partial charge on any atom is -0.495 e. The first-order valence-corrected chi connectivity index (χ1v) is 6.06. The fourth-order valence-electron chi connectivity index (χ4n) is 1.68. The Morgan fingerprint density at radius 3 is 2.94 bits per heavy atom. The third kappa shape index (κ3) is 4.71. The molecular formula is C13H23N3O. The molecule has 0 saturated heterocycles. The van der Waals surface area contributed by atoms with E-state index < -0.39 is 0 Å². The zero-order valence-electron chi connectivity index (χ0n) is 11.2. The zero-order valence-corrected chi connectivity index (χ0v) is 11.2. The minimum atomic E-state index is 0.456. The van der Waals surface area contributed by atoms with Crippen LogP contribution in [0, 0.1) is 0 Å². The fraction of sp³-hybridized carbons (Fsp3) is 0.615. The number of hydrogen-bond acceptors (Lipinski definition) is 4. The average molecular weight is 237 g/mol. The van der Waals surface area contributed by atoms with Gasteiger partial charge in [0.05, 0.1) is 13.3 Å². The molecule has 0 radical (unpaired) electrons. The predicted octanol–water partition coefficient (Wildman–Crippen LogP) is 1.52. The van der Waals surface area contributed by atoms with Gasteiger partial charge < -0.3 is 15.0 Å². The first-order valence-electron chi connectivity index (χ1n) is 6.06. The van der Waals surface area contributed by atoms with Crippen molar-refractivity contribution in [2.45, 2.75) is 26.4 Å². The van der Waals surface area contributed by atoms with E-state index in [1.54, 1.807) is 19.5 Å². The molecular weight excluding hydrogens is 214 g/mol. The van der Waals surface area contributed by atoms with E-state index in [9.17, 15) is 0 Å². The molecule has 0 aliphatic rings. The van der Waals surface area contributed by atoms with Gasteiger partial charge in [-0.2, -0.15) is 0 Å². The van der Waals surface area contributed by atoms with Gasteiger partial charge in [0.25, 0.3) is 0 Å². The number of nitrogens with one attached hydrogen (secondary N) is 1. The van der Waals surface area contributed by atoms with Crippen LogP contribution < -0.4 is 10.1 Å². The highest BCUT2D eigenvalue weighted by atomic mass is 16.5. The fourth-order valence-corrected chi connectivity index (χ4v) is 1.68. The normalized spacial score (nSPS) is 12.8. The molecule has 1 aromatic heterocycles. The van der Waals surface area contributed by atoms with Gasteiger partial charge in [-0.1, -0.05) is 6.92 Å². The summed E-state index contributed by atoms with van der Waals surface area (Å²) < 4.78 is 5.27. The lowest BCUT2D eigenvalue weighted by molar-refractivity contribution is 0.308. The quantitative estimate of drug-likeness (QED) is 0.780. The highest BCUT2D eigenvalue weighted by Gasteiger charge is 2.06. The van der Waals surface area contributed by atoms with E-state index in [1.807, 2.05) is 6.07 Å². The van der Waals surface area contributed by atoms with E-state index in [-0.39, 0.29) is 0 Å². The third-order valence-corrected chi connectivity index (χ3v) is 2.86. The standard InChI is InChI=1S/C13H23N3O/c1-5-16(3)10-11(2)15-8-12-6-7-14-9-13(12)17-4/h6-7,9,11,15H,5,8,10H2,1-4H3. The summed E-state index contributed by atoms with van der Waals surface area (Å²) in [6.45, 7) is 7.29. The van der Waals surface area contributed by atoms with Crippen molar-refractivity contribution in [1.82, 2.24) is 15.2 Å². The Balaban J connectivity index is 2.44. The van der Waals surface area contributed by atoms with Crippen molar-refractivity contribution in [1.29, 1.82) is 0 Å². The molecule has 1 rings (SSSR count). The maximum absolute atomic E-state index is 5.27. The van der Waals surface area contributed by atoms with E-state index in [0.717, 1.165) is 30.9 Å². The van der Waals surface area contributed by atoms with Gasteiger partial charge in [0, 0.05) is 30.9 Å². The Kier molecular flexibility index (Phi) is 5.94. The Bertz CT molecular complexity index is 330. The van der Waals surface area contributed by atoms with Crippen molar-refractivity contribution in [3.63, 3.8) is 0 Å². The molecule has 96 valence electrons. The van der Waals surface area contributed by atoms with E-state index >= 15 is 0 Å². The zero-order chi connectivity index (χ0) is 12.7. The lowest BCUT2D eigenvalue weighted by Gasteiger charge is -2.21. The molecule has 1 atom stereocenters. The van der Waals surface area contributed by atoms with Gasteiger partial charge in [-0.25, -0.2) is 0 Å². The second-order valence-electron chi connectivity index (χ2n) is 4.32. The summed E-state index contributed by atoms with van der Waals surface area (Å²) in [7, 11) is 3.81. The number of likely N-dealkylation sites (N-methyl/N-ethyl adjacent to an activating group) is 1. The van der Waals surface area contributed by atoms with Crippen molar-refractivity contribution in [3.8, 4) is 5.75 Å². The van der Waals surface area contributed by atoms with Crippen molar-refractivity contribution in [2.24, 2.45) is 0 Å². The van der Waals surface area contributed by atoms with Crippen molar-refractivity contribution < 1.29 is 4.74 Å². The van der Waals surface area contributed by atoms with Gasteiger partial charge in [-0.3, -0.25) is 4.98 Å². The highest BCUT2D eigenvalue weighted by molar-refractivity contribution is 5.29. The molecule has 1 N–H and O–H groups in total. The molecule has 1 unspecified atom stereocenters. The number of aromatic nitrogens is 1. The molecule has 0 bridgehead atoms. The van der Waals surface area contributed by atoms with Crippen molar-refractivity contribution >= 4 is 0 Å². The van der Waals surface area contributed by atoms with Crippen LogP contribution in [-0.2, 0) is 6.54 Å². The maximum Gasteiger partial charge on any atom is 0.141 e. The molecule has 1 heterocycles. The largest absolute Gasteiger partial charge is 0.495 e. The summed E-state index contributed by atoms with van der Waals surface area (Å²) in [6, 6.07) is 2.44. The number of ether oxygens (including phenoxy) is 1. The van der Waals surface area contributed by atoms with Crippen molar-refractivity contribution in [3.05, 3.63) is 24.0 Å². The van der Waals surface area contributed by atoms with Crippen LogP contribution in [0.2, 0.25) is 0 Å². The van der Waals surface area contributed by atoms with Crippen LogP contribution in [0.15, 0.2) is 18.5 Å². The van der Waals surface area contributed by atoms with Crippen LogP contribution in [0.25, 0.3) is 0 Å². The second-order valence-corrected chi connectivity index (χ2v) is 4.32.